The van der Waals surface area contributed by atoms with Crippen LogP contribution in [0.25, 0.3) is 0 Å². The van der Waals surface area contributed by atoms with E-state index in [1.807, 2.05) is 13.0 Å². The second kappa shape index (κ2) is 4.56. The topological polar surface area (TPSA) is 47.3 Å². The number of rotatable bonds is 2. The van der Waals surface area contributed by atoms with Gasteiger partial charge < -0.3 is 10.0 Å². The first-order valence-electron chi connectivity index (χ1n) is 5.72. The molecular weight excluding hydrogens is 236 g/mol. The molecule has 1 N–H and O–H groups in total. The Hall–Kier alpha value is -1.24. The van der Waals surface area contributed by atoms with E-state index in [9.17, 15) is 5.11 Å². The number of hydrogen-bond acceptors (Lipinski definition) is 3. The standard InChI is InChI=1S/C13H15ClN2O/c1-8(9(2)17)16-6-5-11-12(16)4-3-10(7-15)13(11)14/h3-4,8-9,17H,5-6H2,1-2H3. The maximum absolute atomic E-state index is 9.65. The second-order valence-electron chi connectivity index (χ2n) is 4.46. The van der Waals surface area contributed by atoms with Gasteiger partial charge in [-0.3, -0.25) is 0 Å². The van der Waals surface area contributed by atoms with Crippen molar-refractivity contribution in [1.29, 1.82) is 5.26 Å². The maximum atomic E-state index is 9.65. The third-order valence-electron chi connectivity index (χ3n) is 3.44. The Labute approximate surface area is 106 Å². The molecule has 4 heteroatoms. The lowest BCUT2D eigenvalue weighted by molar-refractivity contribution is 0.166. The summed E-state index contributed by atoms with van der Waals surface area (Å²) in [5.41, 5.74) is 2.59. The number of nitrogens with zero attached hydrogens (tertiary/aromatic N) is 2. The van der Waals surface area contributed by atoms with Gasteiger partial charge >= 0.3 is 0 Å². The molecule has 0 saturated carbocycles. The van der Waals surface area contributed by atoms with Crippen LogP contribution in [0, 0.1) is 11.3 Å². The Bertz CT molecular complexity index is 479. The van der Waals surface area contributed by atoms with Crippen molar-refractivity contribution in [2.75, 3.05) is 11.4 Å². The Morgan fingerprint density at radius 1 is 1.47 bits per heavy atom. The normalized spacial score (nSPS) is 17.5. The van der Waals surface area contributed by atoms with Crippen molar-refractivity contribution in [1.82, 2.24) is 0 Å². The van der Waals surface area contributed by atoms with E-state index in [1.54, 1.807) is 13.0 Å². The van der Waals surface area contributed by atoms with Crippen LogP contribution in [0.1, 0.15) is 25.0 Å². The first-order chi connectivity index (χ1) is 8.06. The number of anilines is 1. The summed E-state index contributed by atoms with van der Waals surface area (Å²) < 4.78 is 0. The highest BCUT2D eigenvalue weighted by Gasteiger charge is 2.28. The Balaban J connectivity index is 2.41. The molecule has 2 atom stereocenters. The van der Waals surface area contributed by atoms with Crippen molar-refractivity contribution in [2.24, 2.45) is 0 Å². The van der Waals surface area contributed by atoms with Crippen molar-refractivity contribution < 1.29 is 5.11 Å². The van der Waals surface area contributed by atoms with Crippen LogP contribution in [0.4, 0.5) is 5.69 Å². The third kappa shape index (κ3) is 1.99. The highest BCUT2D eigenvalue weighted by Crippen LogP contribution is 2.36. The molecule has 1 heterocycles. The van der Waals surface area contributed by atoms with Crippen LogP contribution in [0.2, 0.25) is 5.02 Å². The molecule has 0 aromatic heterocycles. The van der Waals surface area contributed by atoms with E-state index in [0.29, 0.717) is 10.6 Å². The lowest BCUT2D eigenvalue weighted by atomic mass is 10.1. The van der Waals surface area contributed by atoms with Crippen LogP contribution in [-0.2, 0) is 6.42 Å². The van der Waals surface area contributed by atoms with Gasteiger partial charge in [0.05, 0.1) is 22.7 Å². The average Bonchev–Trinajstić information content (AvgIpc) is 2.73. The predicted octanol–water partition coefficient (Wildman–Crippen LogP) is 2.34. The van der Waals surface area contributed by atoms with Gasteiger partial charge in [0.1, 0.15) is 6.07 Å². The van der Waals surface area contributed by atoms with E-state index in [4.69, 9.17) is 16.9 Å². The summed E-state index contributed by atoms with van der Waals surface area (Å²) in [5, 5.41) is 19.1. The molecule has 17 heavy (non-hydrogen) atoms. The van der Waals surface area contributed by atoms with E-state index in [2.05, 4.69) is 11.0 Å². The smallest absolute Gasteiger partial charge is 0.101 e. The number of hydrogen-bond donors (Lipinski definition) is 1. The summed E-state index contributed by atoms with van der Waals surface area (Å²) >= 11 is 6.19. The third-order valence-corrected chi connectivity index (χ3v) is 3.87. The number of aliphatic hydroxyl groups is 1. The first-order valence-corrected chi connectivity index (χ1v) is 6.10. The molecule has 0 saturated heterocycles. The Morgan fingerprint density at radius 3 is 2.76 bits per heavy atom. The Kier molecular flexibility index (Phi) is 3.28. The van der Waals surface area contributed by atoms with Gasteiger partial charge in [-0.15, -0.1) is 0 Å². The monoisotopic (exact) mass is 250 g/mol. The molecule has 3 nitrogen and oxygen atoms in total. The predicted molar refractivity (Wildman–Crippen MR) is 68.4 cm³/mol. The van der Waals surface area contributed by atoms with Crippen LogP contribution < -0.4 is 4.90 Å². The molecule has 0 spiro atoms. The van der Waals surface area contributed by atoms with Crippen molar-refractivity contribution in [3.8, 4) is 6.07 Å². The number of halogens is 1. The summed E-state index contributed by atoms with van der Waals surface area (Å²) in [6, 6.07) is 5.81. The van der Waals surface area contributed by atoms with Crippen molar-refractivity contribution >= 4 is 17.3 Å². The molecule has 1 aliphatic rings. The lowest BCUT2D eigenvalue weighted by Crippen LogP contribution is -2.39. The van der Waals surface area contributed by atoms with E-state index >= 15 is 0 Å². The minimum absolute atomic E-state index is 0.0558. The van der Waals surface area contributed by atoms with Gasteiger partial charge in [0.2, 0.25) is 0 Å². The molecule has 90 valence electrons. The lowest BCUT2D eigenvalue weighted by Gasteiger charge is -2.29. The summed E-state index contributed by atoms with van der Waals surface area (Å²) in [5.74, 6) is 0. The van der Waals surface area contributed by atoms with Gasteiger partial charge in [0, 0.05) is 12.2 Å². The SMILES string of the molecule is CC(O)C(C)N1CCc2c1ccc(C#N)c2Cl. The van der Waals surface area contributed by atoms with E-state index in [0.717, 1.165) is 24.2 Å². The van der Waals surface area contributed by atoms with E-state index in [-0.39, 0.29) is 6.04 Å². The zero-order valence-corrected chi connectivity index (χ0v) is 10.7. The second-order valence-corrected chi connectivity index (χ2v) is 4.84. The van der Waals surface area contributed by atoms with Crippen LogP contribution in [-0.4, -0.2) is 23.8 Å². The van der Waals surface area contributed by atoms with Gasteiger partial charge in [-0.05, 0) is 38.0 Å². The van der Waals surface area contributed by atoms with Gasteiger partial charge in [0.25, 0.3) is 0 Å². The number of fused-ring (bicyclic) bond motifs is 1. The van der Waals surface area contributed by atoms with Gasteiger partial charge in [0.15, 0.2) is 0 Å². The van der Waals surface area contributed by atoms with E-state index < -0.39 is 6.10 Å². The largest absolute Gasteiger partial charge is 0.391 e. The van der Waals surface area contributed by atoms with Crippen LogP contribution in [0.15, 0.2) is 12.1 Å². The average molecular weight is 251 g/mol. The fraction of sp³-hybridized carbons (Fsp3) is 0.462. The van der Waals surface area contributed by atoms with Gasteiger partial charge in [-0.25, -0.2) is 0 Å². The van der Waals surface area contributed by atoms with Crippen LogP contribution in [0.3, 0.4) is 0 Å². The van der Waals surface area contributed by atoms with Gasteiger partial charge in [-0.2, -0.15) is 5.26 Å². The molecule has 1 aromatic rings. The molecule has 0 aliphatic carbocycles. The Morgan fingerprint density at radius 2 is 2.18 bits per heavy atom. The fourth-order valence-electron chi connectivity index (χ4n) is 2.24. The summed E-state index contributed by atoms with van der Waals surface area (Å²) in [7, 11) is 0. The number of aliphatic hydroxyl groups excluding tert-OH is 1. The molecule has 0 bridgehead atoms. The quantitative estimate of drug-likeness (QED) is 0.877. The highest BCUT2D eigenvalue weighted by molar-refractivity contribution is 6.33. The molecule has 1 aromatic carbocycles. The summed E-state index contributed by atoms with van der Waals surface area (Å²) in [4.78, 5) is 2.15. The minimum atomic E-state index is -0.393. The first kappa shape index (κ1) is 12.2. The molecule has 2 rings (SSSR count). The summed E-state index contributed by atoms with van der Waals surface area (Å²) in [6.07, 6.45) is 0.441. The van der Waals surface area contributed by atoms with Gasteiger partial charge in [-0.1, -0.05) is 11.6 Å². The minimum Gasteiger partial charge on any atom is -0.391 e. The maximum Gasteiger partial charge on any atom is 0.101 e. The van der Waals surface area contributed by atoms with Crippen LogP contribution >= 0.6 is 11.6 Å². The molecule has 0 radical (unpaired) electrons. The van der Waals surface area contributed by atoms with Crippen molar-refractivity contribution in [3.63, 3.8) is 0 Å². The summed E-state index contributed by atoms with van der Waals surface area (Å²) in [6.45, 7) is 4.62. The highest BCUT2D eigenvalue weighted by atomic mass is 35.5. The number of nitriles is 1. The van der Waals surface area contributed by atoms with Crippen molar-refractivity contribution in [2.45, 2.75) is 32.4 Å². The molecular formula is C13H15ClN2O. The molecule has 0 fully saturated rings. The van der Waals surface area contributed by atoms with Crippen molar-refractivity contribution in [3.05, 3.63) is 28.3 Å². The number of benzene rings is 1. The fourth-order valence-corrected chi connectivity index (χ4v) is 2.54. The van der Waals surface area contributed by atoms with E-state index in [1.165, 1.54) is 0 Å². The zero-order chi connectivity index (χ0) is 12.6. The molecule has 0 amide bonds. The van der Waals surface area contributed by atoms with Crippen LogP contribution in [0.5, 0.6) is 0 Å². The molecule has 2 unspecified atom stereocenters. The zero-order valence-electron chi connectivity index (χ0n) is 9.94. The molecule has 1 aliphatic heterocycles.